The van der Waals surface area contributed by atoms with Gasteiger partial charge < -0.3 is 5.32 Å². The summed E-state index contributed by atoms with van der Waals surface area (Å²) in [4.78, 5) is 16.1. The van der Waals surface area contributed by atoms with E-state index in [1.165, 1.54) is 24.3 Å². The number of halogens is 2. The van der Waals surface area contributed by atoms with Gasteiger partial charge in [-0.1, -0.05) is 35.9 Å². The van der Waals surface area contributed by atoms with E-state index in [-0.39, 0.29) is 17.3 Å². The Hall–Kier alpha value is -2.71. The Kier molecular flexibility index (Phi) is 5.29. The van der Waals surface area contributed by atoms with E-state index in [9.17, 15) is 17.6 Å². The minimum atomic E-state index is -3.84. The summed E-state index contributed by atoms with van der Waals surface area (Å²) in [6, 6.07) is 11.8. The van der Waals surface area contributed by atoms with Gasteiger partial charge in [0.1, 0.15) is 23.1 Å². The second-order valence-corrected chi connectivity index (χ2v) is 7.79. The van der Waals surface area contributed by atoms with Gasteiger partial charge in [0.05, 0.1) is 10.7 Å². The number of benzene rings is 2. The van der Waals surface area contributed by atoms with Crippen molar-refractivity contribution >= 4 is 44.0 Å². The van der Waals surface area contributed by atoms with Crippen LogP contribution in [0.5, 0.6) is 0 Å². The number of hydrogen-bond acceptors (Lipinski definition) is 4. The van der Waals surface area contributed by atoms with Crippen LogP contribution in [0.1, 0.15) is 12.5 Å². The quantitative estimate of drug-likeness (QED) is 0.815. The van der Waals surface area contributed by atoms with Gasteiger partial charge in [-0.15, -0.1) is 0 Å². The summed E-state index contributed by atoms with van der Waals surface area (Å²) in [7, 11) is -3.84. The molecule has 2 aromatic rings. The van der Waals surface area contributed by atoms with Crippen LogP contribution in [0.3, 0.4) is 0 Å². The Morgan fingerprint density at radius 3 is 2.52 bits per heavy atom. The Labute approximate surface area is 160 Å². The topological polar surface area (TPSA) is 87.6 Å². The van der Waals surface area contributed by atoms with E-state index < -0.39 is 21.7 Å². The number of anilines is 1. The number of nitrogens with zero attached hydrogens (tertiary/aromatic N) is 1. The molecule has 0 aromatic heterocycles. The number of rotatable bonds is 4. The molecule has 6 nitrogen and oxygen atoms in total. The average molecular weight is 408 g/mol. The molecule has 9 heteroatoms. The minimum Gasteiger partial charge on any atom is -0.323 e. The second-order valence-electron chi connectivity index (χ2n) is 5.76. The molecule has 0 saturated carbocycles. The van der Waals surface area contributed by atoms with Crippen molar-refractivity contribution in [2.75, 3.05) is 11.9 Å². The summed E-state index contributed by atoms with van der Waals surface area (Å²) >= 11 is 5.98. The zero-order chi connectivity index (χ0) is 19.6. The number of amidine groups is 1. The number of amides is 1. The number of carbonyl (C=O) groups excluding carboxylic acids is 1. The number of aliphatic imine (C=N–C) groups is 1. The Morgan fingerprint density at radius 2 is 1.85 bits per heavy atom. The molecule has 0 saturated heterocycles. The Morgan fingerprint density at radius 1 is 1.19 bits per heavy atom. The normalized spacial score (nSPS) is 17.1. The van der Waals surface area contributed by atoms with Gasteiger partial charge in [0.25, 0.3) is 10.0 Å². The molecule has 2 aromatic carbocycles. The van der Waals surface area contributed by atoms with Gasteiger partial charge in [-0.2, -0.15) is 0 Å². The van der Waals surface area contributed by atoms with Crippen molar-refractivity contribution in [1.82, 2.24) is 4.72 Å². The molecular weight excluding hydrogens is 393 g/mol. The lowest BCUT2D eigenvalue weighted by Crippen LogP contribution is -2.25. The van der Waals surface area contributed by atoms with Crippen molar-refractivity contribution in [2.24, 2.45) is 4.99 Å². The van der Waals surface area contributed by atoms with Gasteiger partial charge in [0, 0.05) is 5.57 Å². The van der Waals surface area contributed by atoms with Crippen LogP contribution in [-0.2, 0) is 14.8 Å². The molecule has 0 bridgehead atoms. The van der Waals surface area contributed by atoms with E-state index in [0.717, 1.165) is 0 Å². The zero-order valence-corrected chi connectivity index (χ0v) is 15.7. The highest BCUT2D eigenvalue weighted by Gasteiger charge is 2.32. The fraction of sp³-hybridized carbons (Fsp3) is 0.111. The lowest BCUT2D eigenvalue weighted by molar-refractivity contribution is -0.114. The SMILES string of the molecule is CC1=C(c2ccc(F)cc2)S(=O)(=O)NC1=NCC(=O)Nc1ccccc1Cl. The first-order valence-corrected chi connectivity index (χ1v) is 9.73. The maximum absolute atomic E-state index is 13.1. The summed E-state index contributed by atoms with van der Waals surface area (Å²) in [5.41, 5.74) is 1.13. The maximum Gasteiger partial charge on any atom is 0.264 e. The fourth-order valence-corrected chi connectivity index (χ4v) is 4.29. The largest absolute Gasteiger partial charge is 0.323 e. The number of sulfonamides is 1. The molecule has 0 aliphatic carbocycles. The van der Waals surface area contributed by atoms with E-state index in [2.05, 4.69) is 15.0 Å². The van der Waals surface area contributed by atoms with Gasteiger partial charge in [0.15, 0.2) is 0 Å². The van der Waals surface area contributed by atoms with Crippen LogP contribution in [-0.4, -0.2) is 26.7 Å². The lowest BCUT2D eigenvalue weighted by atomic mass is 10.1. The maximum atomic E-state index is 13.1. The first-order chi connectivity index (χ1) is 12.8. The third kappa shape index (κ3) is 4.17. The lowest BCUT2D eigenvalue weighted by Gasteiger charge is -2.05. The monoisotopic (exact) mass is 407 g/mol. The highest BCUT2D eigenvalue weighted by molar-refractivity contribution is 8.00. The first-order valence-electron chi connectivity index (χ1n) is 7.87. The summed E-state index contributed by atoms with van der Waals surface area (Å²) in [6.07, 6.45) is 0. The van der Waals surface area contributed by atoms with Crippen LogP contribution in [0.2, 0.25) is 5.02 Å². The van der Waals surface area contributed by atoms with E-state index in [1.807, 2.05) is 0 Å². The summed E-state index contributed by atoms with van der Waals surface area (Å²) in [5, 5.41) is 2.99. The highest BCUT2D eigenvalue weighted by atomic mass is 35.5. The molecule has 1 aliphatic rings. The summed E-state index contributed by atoms with van der Waals surface area (Å²) in [5.74, 6) is -0.841. The standard InChI is InChI=1S/C18H15ClFN3O3S/c1-11-17(12-6-8-13(20)9-7-12)27(25,26)23-18(11)21-10-16(24)22-15-5-3-2-4-14(15)19/h2-9H,10H2,1H3,(H,21,23)(H,22,24). The van der Waals surface area contributed by atoms with Gasteiger partial charge in [-0.25, -0.2) is 12.8 Å². The molecule has 1 heterocycles. The fourth-order valence-electron chi connectivity index (χ4n) is 2.59. The molecule has 0 atom stereocenters. The van der Waals surface area contributed by atoms with E-state index in [4.69, 9.17) is 11.6 Å². The van der Waals surface area contributed by atoms with Gasteiger partial charge in [-0.3, -0.25) is 14.5 Å². The van der Waals surface area contributed by atoms with Gasteiger partial charge in [0.2, 0.25) is 5.91 Å². The van der Waals surface area contributed by atoms with E-state index in [0.29, 0.717) is 21.8 Å². The smallest absolute Gasteiger partial charge is 0.264 e. The average Bonchev–Trinajstić information content (AvgIpc) is 2.85. The molecule has 1 amide bonds. The molecule has 0 spiro atoms. The number of hydrogen-bond donors (Lipinski definition) is 2. The first kappa shape index (κ1) is 19.1. The molecule has 0 radical (unpaired) electrons. The Balaban J connectivity index is 1.81. The van der Waals surface area contributed by atoms with Crippen molar-refractivity contribution in [1.29, 1.82) is 0 Å². The van der Waals surface area contributed by atoms with Crippen LogP contribution in [0.15, 0.2) is 59.1 Å². The minimum absolute atomic E-state index is 0.00719. The number of para-hydroxylation sites is 1. The molecule has 3 rings (SSSR count). The molecule has 1 aliphatic heterocycles. The van der Waals surface area contributed by atoms with E-state index in [1.54, 1.807) is 31.2 Å². The Bertz CT molecular complexity index is 1060. The molecule has 2 N–H and O–H groups in total. The predicted octanol–water partition coefficient (Wildman–Crippen LogP) is 3.18. The predicted molar refractivity (Wildman–Crippen MR) is 103 cm³/mol. The van der Waals surface area contributed by atoms with Crippen molar-refractivity contribution in [3.05, 3.63) is 70.5 Å². The summed E-state index contributed by atoms with van der Waals surface area (Å²) < 4.78 is 40.2. The molecule has 0 fully saturated rings. The zero-order valence-electron chi connectivity index (χ0n) is 14.2. The van der Waals surface area contributed by atoms with Crippen molar-refractivity contribution < 1.29 is 17.6 Å². The third-order valence-corrected chi connectivity index (χ3v) is 5.70. The third-order valence-electron chi connectivity index (χ3n) is 3.83. The highest BCUT2D eigenvalue weighted by Crippen LogP contribution is 2.29. The summed E-state index contributed by atoms with van der Waals surface area (Å²) in [6.45, 7) is 1.28. The van der Waals surface area contributed by atoms with Crippen molar-refractivity contribution in [3.63, 3.8) is 0 Å². The van der Waals surface area contributed by atoms with Crippen molar-refractivity contribution in [2.45, 2.75) is 6.92 Å². The molecule has 0 unspecified atom stereocenters. The molecule has 140 valence electrons. The molecule has 27 heavy (non-hydrogen) atoms. The second kappa shape index (κ2) is 7.50. The van der Waals surface area contributed by atoms with Crippen LogP contribution >= 0.6 is 11.6 Å². The van der Waals surface area contributed by atoms with Crippen LogP contribution in [0.4, 0.5) is 10.1 Å². The number of carbonyl (C=O) groups is 1. The van der Waals surface area contributed by atoms with E-state index >= 15 is 0 Å². The van der Waals surface area contributed by atoms with Crippen LogP contribution in [0.25, 0.3) is 4.91 Å². The number of nitrogens with one attached hydrogen (secondary N) is 2. The van der Waals surface area contributed by atoms with Crippen LogP contribution < -0.4 is 10.0 Å². The van der Waals surface area contributed by atoms with Gasteiger partial charge in [-0.05, 0) is 36.8 Å². The van der Waals surface area contributed by atoms with Crippen LogP contribution in [0, 0.1) is 5.82 Å². The van der Waals surface area contributed by atoms with Gasteiger partial charge >= 0.3 is 0 Å². The molecular formula is C18H15ClFN3O3S. The van der Waals surface area contributed by atoms with Crippen molar-refractivity contribution in [3.8, 4) is 0 Å².